The zero-order chi connectivity index (χ0) is 16.2. The first-order chi connectivity index (χ1) is 11.1. The summed E-state index contributed by atoms with van der Waals surface area (Å²) < 4.78 is 5.95. The highest BCUT2D eigenvalue weighted by Crippen LogP contribution is 2.23. The van der Waals surface area contributed by atoms with E-state index in [4.69, 9.17) is 4.74 Å². The molecular formula is C18H21N3O2. The standard InChI is InChI=1S/C18H21N3O2/c1-20(2)17-8-10-19-12-16(17)18(22)21-11-9-15(13-21)23-14-6-4-3-5-7-14/h3-8,10,12,15H,9,11,13H2,1-2H3. The van der Waals surface area contributed by atoms with Gasteiger partial charge in [0.05, 0.1) is 17.8 Å². The molecule has 1 unspecified atom stereocenters. The third-order valence-corrected chi connectivity index (χ3v) is 3.99. The number of nitrogens with zero attached hydrogens (tertiary/aromatic N) is 3. The lowest BCUT2D eigenvalue weighted by Gasteiger charge is -2.21. The molecule has 5 heteroatoms. The molecule has 23 heavy (non-hydrogen) atoms. The van der Waals surface area contributed by atoms with Crippen LogP contribution in [0.2, 0.25) is 0 Å². The fourth-order valence-electron chi connectivity index (χ4n) is 2.81. The smallest absolute Gasteiger partial charge is 0.257 e. The number of pyridine rings is 1. The van der Waals surface area contributed by atoms with E-state index in [-0.39, 0.29) is 12.0 Å². The topological polar surface area (TPSA) is 45.7 Å². The Kier molecular flexibility index (Phi) is 4.46. The summed E-state index contributed by atoms with van der Waals surface area (Å²) >= 11 is 0. The van der Waals surface area contributed by atoms with Crippen molar-refractivity contribution in [3.63, 3.8) is 0 Å². The van der Waals surface area contributed by atoms with Crippen molar-refractivity contribution in [1.29, 1.82) is 0 Å². The number of aromatic nitrogens is 1. The monoisotopic (exact) mass is 311 g/mol. The van der Waals surface area contributed by atoms with Gasteiger partial charge >= 0.3 is 0 Å². The van der Waals surface area contributed by atoms with Crippen molar-refractivity contribution in [1.82, 2.24) is 9.88 Å². The molecule has 120 valence electrons. The number of hydrogen-bond donors (Lipinski definition) is 0. The van der Waals surface area contributed by atoms with Crippen LogP contribution in [0.15, 0.2) is 48.8 Å². The minimum absolute atomic E-state index is 0.0148. The van der Waals surface area contributed by atoms with Crippen LogP contribution in [0.3, 0.4) is 0 Å². The maximum Gasteiger partial charge on any atom is 0.257 e. The number of carbonyl (C=O) groups excluding carboxylic acids is 1. The summed E-state index contributed by atoms with van der Waals surface area (Å²) in [5, 5.41) is 0. The fourth-order valence-corrected chi connectivity index (χ4v) is 2.81. The molecule has 0 saturated carbocycles. The Labute approximate surface area is 136 Å². The van der Waals surface area contributed by atoms with E-state index < -0.39 is 0 Å². The number of rotatable bonds is 4. The van der Waals surface area contributed by atoms with E-state index in [1.165, 1.54) is 0 Å². The van der Waals surface area contributed by atoms with Gasteiger partial charge in [-0.1, -0.05) is 18.2 Å². The van der Waals surface area contributed by atoms with Gasteiger partial charge in [0.1, 0.15) is 11.9 Å². The Hall–Kier alpha value is -2.56. The van der Waals surface area contributed by atoms with Crippen molar-refractivity contribution in [2.75, 3.05) is 32.1 Å². The van der Waals surface area contributed by atoms with E-state index in [0.717, 1.165) is 17.9 Å². The number of para-hydroxylation sites is 1. The van der Waals surface area contributed by atoms with Gasteiger partial charge in [0.25, 0.3) is 5.91 Å². The molecule has 2 heterocycles. The highest BCUT2D eigenvalue weighted by atomic mass is 16.5. The van der Waals surface area contributed by atoms with Crippen LogP contribution in [0.25, 0.3) is 0 Å². The lowest BCUT2D eigenvalue weighted by molar-refractivity contribution is 0.0772. The van der Waals surface area contributed by atoms with Crippen LogP contribution in [-0.4, -0.2) is 49.1 Å². The third-order valence-electron chi connectivity index (χ3n) is 3.99. The van der Waals surface area contributed by atoms with Gasteiger partial charge in [0, 0.05) is 39.5 Å². The summed E-state index contributed by atoms with van der Waals surface area (Å²) in [6.45, 7) is 1.31. The Bertz CT molecular complexity index is 673. The highest BCUT2D eigenvalue weighted by molar-refractivity contribution is 5.99. The van der Waals surface area contributed by atoms with Gasteiger partial charge in [0.15, 0.2) is 0 Å². The van der Waals surface area contributed by atoms with Crippen molar-refractivity contribution in [2.45, 2.75) is 12.5 Å². The van der Waals surface area contributed by atoms with Crippen LogP contribution in [-0.2, 0) is 0 Å². The second-order valence-corrected chi connectivity index (χ2v) is 5.88. The largest absolute Gasteiger partial charge is 0.489 e. The number of anilines is 1. The summed E-state index contributed by atoms with van der Waals surface area (Å²) in [5.41, 5.74) is 1.52. The molecule has 1 aromatic carbocycles. The van der Waals surface area contributed by atoms with Crippen LogP contribution in [0.4, 0.5) is 5.69 Å². The molecule has 1 aliphatic rings. The molecule has 0 N–H and O–H groups in total. The summed E-state index contributed by atoms with van der Waals surface area (Å²) in [7, 11) is 3.86. The number of benzene rings is 1. The predicted octanol–water partition coefficient (Wildman–Crippen LogP) is 2.44. The first-order valence-electron chi connectivity index (χ1n) is 7.77. The van der Waals surface area contributed by atoms with Crippen molar-refractivity contribution in [2.24, 2.45) is 0 Å². The molecule has 1 aromatic heterocycles. The summed E-state index contributed by atoms with van der Waals surface area (Å²) in [5.74, 6) is 0.864. The summed E-state index contributed by atoms with van der Waals surface area (Å²) in [4.78, 5) is 20.7. The van der Waals surface area contributed by atoms with Crippen molar-refractivity contribution in [3.05, 3.63) is 54.4 Å². The maximum atomic E-state index is 12.8. The van der Waals surface area contributed by atoms with Gasteiger partial charge in [-0.3, -0.25) is 9.78 Å². The average molecular weight is 311 g/mol. The Morgan fingerprint density at radius 3 is 2.78 bits per heavy atom. The summed E-state index contributed by atoms with van der Waals surface area (Å²) in [6, 6.07) is 11.6. The number of amides is 1. The molecule has 1 fully saturated rings. The van der Waals surface area contributed by atoms with Crippen molar-refractivity contribution in [3.8, 4) is 5.75 Å². The van der Waals surface area contributed by atoms with E-state index in [0.29, 0.717) is 18.7 Å². The minimum Gasteiger partial charge on any atom is -0.489 e. The van der Waals surface area contributed by atoms with Crippen molar-refractivity contribution >= 4 is 11.6 Å². The second kappa shape index (κ2) is 6.69. The number of likely N-dealkylation sites (tertiary alicyclic amines) is 1. The Morgan fingerprint density at radius 1 is 1.26 bits per heavy atom. The molecule has 0 spiro atoms. The molecule has 1 amide bonds. The molecule has 5 nitrogen and oxygen atoms in total. The lowest BCUT2D eigenvalue weighted by atomic mass is 10.2. The van der Waals surface area contributed by atoms with Gasteiger partial charge in [-0.25, -0.2) is 0 Å². The minimum atomic E-state index is 0.0148. The fraction of sp³-hybridized carbons (Fsp3) is 0.333. The molecule has 2 aromatic rings. The SMILES string of the molecule is CN(C)c1ccncc1C(=O)N1CCC(Oc2ccccc2)C1. The maximum absolute atomic E-state index is 12.8. The van der Waals surface area contributed by atoms with Gasteiger partial charge in [0.2, 0.25) is 0 Å². The Morgan fingerprint density at radius 2 is 2.04 bits per heavy atom. The number of ether oxygens (including phenoxy) is 1. The molecule has 0 radical (unpaired) electrons. The molecule has 3 rings (SSSR count). The molecule has 1 saturated heterocycles. The van der Waals surface area contributed by atoms with E-state index in [2.05, 4.69) is 4.98 Å². The average Bonchev–Trinajstić information content (AvgIpc) is 3.03. The van der Waals surface area contributed by atoms with E-state index in [9.17, 15) is 4.79 Å². The molecule has 0 bridgehead atoms. The third kappa shape index (κ3) is 3.44. The van der Waals surface area contributed by atoms with Crippen LogP contribution >= 0.6 is 0 Å². The van der Waals surface area contributed by atoms with Crippen molar-refractivity contribution < 1.29 is 9.53 Å². The van der Waals surface area contributed by atoms with Crippen LogP contribution in [0.1, 0.15) is 16.8 Å². The van der Waals surface area contributed by atoms with E-state index in [1.807, 2.05) is 60.3 Å². The highest BCUT2D eigenvalue weighted by Gasteiger charge is 2.29. The molecular weight excluding hydrogens is 290 g/mol. The van der Waals surface area contributed by atoms with Gasteiger partial charge in [-0.15, -0.1) is 0 Å². The summed E-state index contributed by atoms with van der Waals surface area (Å²) in [6.07, 6.45) is 4.24. The molecule has 1 aliphatic heterocycles. The van der Waals surface area contributed by atoms with Gasteiger partial charge < -0.3 is 14.5 Å². The van der Waals surface area contributed by atoms with Gasteiger partial charge in [-0.05, 0) is 18.2 Å². The first kappa shape index (κ1) is 15.3. The number of carbonyl (C=O) groups is 1. The van der Waals surface area contributed by atoms with E-state index in [1.54, 1.807) is 12.4 Å². The Balaban J connectivity index is 1.68. The van der Waals surface area contributed by atoms with Crippen LogP contribution in [0.5, 0.6) is 5.75 Å². The lowest BCUT2D eigenvalue weighted by Crippen LogP contribution is -2.32. The predicted molar refractivity (Wildman–Crippen MR) is 89.9 cm³/mol. The quantitative estimate of drug-likeness (QED) is 0.870. The first-order valence-corrected chi connectivity index (χ1v) is 7.77. The zero-order valence-electron chi connectivity index (χ0n) is 13.5. The molecule has 0 aliphatic carbocycles. The van der Waals surface area contributed by atoms with Crippen LogP contribution < -0.4 is 9.64 Å². The number of hydrogen-bond acceptors (Lipinski definition) is 4. The van der Waals surface area contributed by atoms with E-state index >= 15 is 0 Å². The van der Waals surface area contributed by atoms with Gasteiger partial charge in [-0.2, -0.15) is 0 Å². The molecule has 1 atom stereocenters. The van der Waals surface area contributed by atoms with Crippen LogP contribution in [0, 0.1) is 0 Å². The second-order valence-electron chi connectivity index (χ2n) is 5.88. The zero-order valence-corrected chi connectivity index (χ0v) is 13.5. The normalized spacial score (nSPS) is 17.1.